The quantitative estimate of drug-likeness (QED) is 0.705. The molecule has 2 saturated heterocycles. The highest BCUT2D eigenvalue weighted by atomic mass is 16.5. The topological polar surface area (TPSA) is 32.8 Å². The summed E-state index contributed by atoms with van der Waals surface area (Å²) in [5.41, 5.74) is 0. The van der Waals surface area contributed by atoms with E-state index >= 15 is 0 Å². The molecule has 2 heterocycles. The lowest BCUT2D eigenvalue weighted by Crippen LogP contribution is -2.40. The van der Waals surface area contributed by atoms with Crippen LogP contribution in [0.25, 0.3) is 0 Å². The van der Waals surface area contributed by atoms with E-state index < -0.39 is 0 Å². The molecule has 0 aliphatic carbocycles. The first kappa shape index (κ1) is 16.8. The first-order valence-corrected chi connectivity index (χ1v) is 8.75. The van der Waals surface area contributed by atoms with Gasteiger partial charge in [0.15, 0.2) is 0 Å². The second kappa shape index (κ2) is 8.74. The van der Waals surface area contributed by atoms with Crippen molar-refractivity contribution in [2.45, 2.75) is 45.4 Å². The van der Waals surface area contributed by atoms with Gasteiger partial charge in [0, 0.05) is 6.54 Å². The summed E-state index contributed by atoms with van der Waals surface area (Å²) in [6.45, 7) is 8.35. The van der Waals surface area contributed by atoms with Crippen LogP contribution in [0.3, 0.4) is 0 Å². The van der Waals surface area contributed by atoms with Crippen LogP contribution in [0.1, 0.15) is 45.4 Å². The average Bonchev–Trinajstić information content (AvgIpc) is 2.52. The van der Waals surface area contributed by atoms with Crippen LogP contribution in [-0.4, -0.2) is 62.1 Å². The molecule has 0 spiro atoms. The van der Waals surface area contributed by atoms with Gasteiger partial charge in [0.2, 0.25) is 0 Å². The molecule has 2 aliphatic heterocycles. The highest BCUT2D eigenvalue weighted by Crippen LogP contribution is 2.32. The number of nitrogens with zero attached hydrogens (tertiary/aromatic N) is 2. The van der Waals surface area contributed by atoms with Crippen molar-refractivity contribution in [3.05, 3.63) is 0 Å². The van der Waals surface area contributed by atoms with Gasteiger partial charge in [-0.1, -0.05) is 6.92 Å². The van der Waals surface area contributed by atoms with Gasteiger partial charge in [-0.15, -0.1) is 0 Å². The van der Waals surface area contributed by atoms with E-state index in [2.05, 4.69) is 16.8 Å². The van der Waals surface area contributed by atoms with E-state index in [4.69, 9.17) is 4.74 Å². The molecule has 2 rings (SSSR count). The van der Waals surface area contributed by atoms with E-state index in [0.29, 0.717) is 13.0 Å². The summed E-state index contributed by atoms with van der Waals surface area (Å²) in [6.07, 6.45) is 6.86. The summed E-state index contributed by atoms with van der Waals surface area (Å²) in [4.78, 5) is 16.4. The van der Waals surface area contributed by atoms with Gasteiger partial charge in [0.25, 0.3) is 0 Å². The lowest BCUT2D eigenvalue weighted by Gasteiger charge is -2.39. The average molecular weight is 296 g/mol. The van der Waals surface area contributed by atoms with Crippen LogP contribution in [-0.2, 0) is 9.53 Å². The zero-order chi connectivity index (χ0) is 15.1. The molecule has 0 aromatic rings. The summed E-state index contributed by atoms with van der Waals surface area (Å²) >= 11 is 0. The second-order valence-corrected chi connectivity index (χ2v) is 6.79. The van der Waals surface area contributed by atoms with E-state index in [1.54, 1.807) is 0 Å². The van der Waals surface area contributed by atoms with E-state index in [-0.39, 0.29) is 5.97 Å². The molecule has 0 amide bonds. The molecule has 0 aromatic heterocycles. The zero-order valence-corrected chi connectivity index (χ0v) is 13.9. The van der Waals surface area contributed by atoms with Gasteiger partial charge < -0.3 is 14.5 Å². The lowest BCUT2D eigenvalue weighted by atomic mass is 9.79. The number of ether oxygens (including phenoxy) is 1. The number of rotatable bonds is 6. The molecular weight excluding hydrogens is 264 g/mol. The molecule has 0 saturated carbocycles. The third kappa shape index (κ3) is 5.59. The van der Waals surface area contributed by atoms with E-state index in [0.717, 1.165) is 37.9 Å². The van der Waals surface area contributed by atoms with Gasteiger partial charge in [-0.25, -0.2) is 0 Å². The highest BCUT2D eigenvalue weighted by Gasteiger charge is 2.28. The SMILES string of the molecule is CCCOC(=O)CCN1CCC(C2CCN(C)CC2)CC1. The highest BCUT2D eigenvalue weighted by molar-refractivity contribution is 5.69. The van der Waals surface area contributed by atoms with Gasteiger partial charge in [-0.05, 0) is 77.2 Å². The number of hydrogen-bond donors (Lipinski definition) is 0. The smallest absolute Gasteiger partial charge is 0.307 e. The first-order valence-electron chi connectivity index (χ1n) is 8.75. The number of carbonyl (C=O) groups is 1. The Morgan fingerprint density at radius 3 is 2.19 bits per heavy atom. The Morgan fingerprint density at radius 2 is 1.62 bits per heavy atom. The van der Waals surface area contributed by atoms with Crippen LogP contribution in [0.5, 0.6) is 0 Å². The van der Waals surface area contributed by atoms with Crippen LogP contribution in [0, 0.1) is 11.8 Å². The molecule has 2 aliphatic rings. The maximum absolute atomic E-state index is 11.5. The fraction of sp³-hybridized carbons (Fsp3) is 0.941. The summed E-state index contributed by atoms with van der Waals surface area (Å²) in [5.74, 6) is 1.83. The van der Waals surface area contributed by atoms with Crippen molar-refractivity contribution < 1.29 is 9.53 Å². The van der Waals surface area contributed by atoms with Crippen LogP contribution >= 0.6 is 0 Å². The summed E-state index contributed by atoms with van der Waals surface area (Å²) in [5, 5.41) is 0. The van der Waals surface area contributed by atoms with E-state index in [1.807, 2.05) is 6.92 Å². The van der Waals surface area contributed by atoms with Gasteiger partial charge in [0.05, 0.1) is 13.0 Å². The maximum atomic E-state index is 11.5. The lowest BCUT2D eigenvalue weighted by molar-refractivity contribution is -0.144. The Hall–Kier alpha value is -0.610. The summed E-state index contributed by atoms with van der Waals surface area (Å²) < 4.78 is 5.14. The van der Waals surface area contributed by atoms with Crippen molar-refractivity contribution in [3.8, 4) is 0 Å². The Labute approximate surface area is 129 Å². The molecular formula is C17H32N2O2. The van der Waals surface area contributed by atoms with Gasteiger partial charge in [-0.3, -0.25) is 4.79 Å². The van der Waals surface area contributed by atoms with Crippen molar-refractivity contribution >= 4 is 5.97 Å². The minimum Gasteiger partial charge on any atom is -0.466 e. The van der Waals surface area contributed by atoms with Crippen molar-refractivity contribution in [2.75, 3.05) is 46.4 Å². The second-order valence-electron chi connectivity index (χ2n) is 6.79. The van der Waals surface area contributed by atoms with Crippen molar-refractivity contribution in [3.63, 3.8) is 0 Å². The molecule has 2 fully saturated rings. The Morgan fingerprint density at radius 1 is 1.05 bits per heavy atom. The van der Waals surface area contributed by atoms with E-state index in [9.17, 15) is 4.79 Å². The monoisotopic (exact) mass is 296 g/mol. The minimum absolute atomic E-state index is 0.0331. The Kier molecular flexibility index (Phi) is 6.97. The predicted molar refractivity (Wildman–Crippen MR) is 85.3 cm³/mol. The standard InChI is InChI=1S/C17H32N2O2/c1-3-14-21-17(20)8-13-19-11-6-16(7-12-19)15-4-9-18(2)10-5-15/h15-16H,3-14H2,1-2H3. The van der Waals surface area contributed by atoms with Crippen molar-refractivity contribution in [2.24, 2.45) is 11.8 Å². The summed E-state index contributed by atoms with van der Waals surface area (Å²) in [7, 11) is 2.23. The third-order valence-electron chi connectivity index (χ3n) is 5.16. The molecule has 4 heteroatoms. The molecule has 4 nitrogen and oxygen atoms in total. The molecule has 21 heavy (non-hydrogen) atoms. The normalized spacial score (nSPS) is 23.3. The maximum Gasteiger partial charge on any atom is 0.307 e. The van der Waals surface area contributed by atoms with Crippen LogP contribution in [0.15, 0.2) is 0 Å². The molecule has 0 radical (unpaired) electrons. The molecule has 122 valence electrons. The number of likely N-dealkylation sites (tertiary alicyclic amines) is 2. The van der Waals surface area contributed by atoms with Gasteiger partial charge in [0.1, 0.15) is 0 Å². The van der Waals surface area contributed by atoms with Crippen LogP contribution in [0.2, 0.25) is 0 Å². The van der Waals surface area contributed by atoms with Crippen LogP contribution < -0.4 is 0 Å². The molecule has 0 N–H and O–H groups in total. The zero-order valence-electron chi connectivity index (χ0n) is 13.9. The largest absolute Gasteiger partial charge is 0.466 e. The third-order valence-corrected chi connectivity index (χ3v) is 5.16. The fourth-order valence-electron chi connectivity index (χ4n) is 3.69. The fourth-order valence-corrected chi connectivity index (χ4v) is 3.69. The van der Waals surface area contributed by atoms with Gasteiger partial charge in [-0.2, -0.15) is 0 Å². The molecule has 0 bridgehead atoms. The number of esters is 1. The van der Waals surface area contributed by atoms with Crippen LogP contribution in [0.4, 0.5) is 0 Å². The molecule has 0 atom stereocenters. The van der Waals surface area contributed by atoms with Gasteiger partial charge >= 0.3 is 5.97 Å². The first-order chi connectivity index (χ1) is 10.2. The molecule has 0 aromatic carbocycles. The summed E-state index contributed by atoms with van der Waals surface area (Å²) in [6, 6.07) is 0. The minimum atomic E-state index is -0.0331. The Balaban J connectivity index is 1.61. The number of carbonyl (C=O) groups excluding carboxylic acids is 1. The van der Waals surface area contributed by atoms with E-state index in [1.165, 1.54) is 38.8 Å². The Bertz CT molecular complexity index is 306. The van der Waals surface area contributed by atoms with Crippen molar-refractivity contribution in [1.29, 1.82) is 0 Å². The van der Waals surface area contributed by atoms with Crippen molar-refractivity contribution in [1.82, 2.24) is 9.80 Å². The number of hydrogen-bond acceptors (Lipinski definition) is 4. The number of piperidine rings is 2. The molecule has 0 unspecified atom stereocenters. The predicted octanol–water partition coefficient (Wildman–Crippen LogP) is 2.38.